The fourth-order valence-corrected chi connectivity index (χ4v) is 7.84. The number of nitrogens with one attached hydrogen (secondary N) is 1. The standard InChI is InChI=1S/C36H47IN2O6/c37-24-39(36(43)45-29-18-19-44-23-29)31(20-26-12-5-2-6-13-26)32(40)22-28(16-9-14-25-10-3-1-4-11-25)35(42)38-34-30-17-8-7-15-27(30)21-33(34)41/h1,3-4,7-11,14-15,17,26,28-29,31-34,40-41H,2,5-6,12-13,16,18-24H2,(H,38,42). The number of allylic oxidation sites excluding steroid dienone is 1. The van der Waals surface area contributed by atoms with Gasteiger partial charge in [-0.1, -0.05) is 121 Å². The third-order valence-corrected chi connectivity index (χ3v) is 10.3. The van der Waals surface area contributed by atoms with Gasteiger partial charge >= 0.3 is 6.09 Å². The van der Waals surface area contributed by atoms with Crippen molar-refractivity contribution in [1.29, 1.82) is 0 Å². The summed E-state index contributed by atoms with van der Waals surface area (Å²) in [4.78, 5) is 29.1. The van der Waals surface area contributed by atoms with Gasteiger partial charge in [0.05, 0.1) is 42.1 Å². The van der Waals surface area contributed by atoms with E-state index in [0.29, 0.717) is 49.4 Å². The van der Waals surface area contributed by atoms with Crippen molar-refractivity contribution in [3.8, 4) is 0 Å². The lowest BCUT2D eigenvalue weighted by molar-refractivity contribution is -0.127. The first kappa shape index (κ1) is 33.9. The molecule has 0 radical (unpaired) electrons. The molecule has 0 aromatic heterocycles. The van der Waals surface area contributed by atoms with Crippen LogP contribution in [0.4, 0.5) is 4.79 Å². The third kappa shape index (κ3) is 9.30. The summed E-state index contributed by atoms with van der Waals surface area (Å²) in [6, 6.07) is 16.7. The Morgan fingerprint density at radius 2 is 1.82 bits per heavy atom. The number of aliphatic hydroxyl groups is 2. The molecule has 6 atom stereocenters. The number of nitrogens with zero attached hydrogens (tertiary/aromatic N) is 1. The van der Waals surface area contributed by atoms with Gasteiger partial charge in [0.25, 0.3) is 0 Å². The van der Waals surface area contributed by atoms with Crippen LogP contribution in [0, 0.1) is 11.8 Å². The molecule has 45 heavy (non-hydrogen) atoms. The normalized spacial score (nSPS) is 23.8. The molecular formula is C36H47IN2O6. The topological polar surface area (TPSA) is 108 Å². The average Bonchev–Trinajstić information content (AvgIpc) is 3.68. The van der Waals surface area contributed by atoms with Crippen LogP contribution in [0.25, 0.3) is 6.08 Å². The van der Waals surface area contributed by atoms with Crippen LogP contribution in [0.5, 0.6) is 0 Å². The minimum Gasteiger partial charge on any atom is -0.444 e. The van der Waals surface area contributed by atoms with E-state index in [1.807, 2.05) is 66.7 Å². The Hall–Kier alpha value is -2.47. The number of carbonyl (C=O) groups is 2. The molecule has 9 heteroatoms. The first-order valence-electron chi connectivity index (χ1n) is 16.5. The number of hydrogen-bond acceptors (Lipinski definition) is 6. The van der Waals surface area contributed by atoms with Crippen molar-refractivity contribution in [1.82, 2.24) is 10.2 Å². The Bertz CT molecular complexity index is 1260. The van der Waals surface area contributed by atoms with Crippen LogP contribution in [0.2, 0.25) is 0 Å². The van der Waals surface area contributed by atoms with Crippen LogP contribution in [-0.2, 0) is 20.7 Å². The van der Waals surface area contributed by atoms with E-state index in [0.717, 1.165) is 42.4 Å². The molecule has 5 rings (SSSR count). The number of rotatable bonds is 13. The summed E-state index contributed by atoms with van der Waals surface area (Å²) in [5.74, 6) is -0.374. The van der Waals surface area contributed by atoms with Crippen LogP contribution in [0.3, 0.4) is 0 Å². The van der Waals surface area contributed by atoms with E-state index < -0.39 is 36.3 Å². The smallest absolute Gasteiger partial charge is 0.411 e. The zero-order valence-electron chi connectivity index (χ0n) is 25.9. The van der Waals surface area contributed by atoms with Gasteiger partial charge in [-0.3, -0.25) is 9.69 Å². The molecule has 0 bridgehead atoms. The van der Waals surface area contributed by atoms with Crippen LogP contribution in [0.15, 0.2) is 60.7 Å². The maximum atomic E-state index is 14.0. The molecule has 2 aliphatic carbocycles. The maximum absolute atomic E-state index is 14.0. The summed E-state index contributed by atoms with van der Waals surface area (Å²) < 4.78 is 11.6. The second kappa shape index (κ2) is 16.9. The van der Waals surface area contributed by atoms with E-state index >= 15 is 0 Å². The summed E-state index contributed by atoms with van der Waals surface area (Å²) in [6.07, 6.45) is 9.71. The van der Waals surface area contributed by atoms with E-state index in [1.165, 1.54) is 6.42 Å². The summed E-state index contributed by atoms with van der Waals surface area (Å²) in [7, 11) is 0. The van der Waals surface area contributed by atoms with Gasteiger partial charge in [0.2, 0.25) is 5.91 Å². The van der Waals surface area contributed by atoms with E-state index in [9.17, 15) is 19.8 Å². The Balaban J connectivity index is 1.35. The highest BCUT2D eigenvalue weighted by molar-refractivity contribution is 14.1. The van der Waals surface area contributed by atoms with Crippen molar-refractivity contribution < 1.29 is 29.3 Å². The van der Waals surface area contributed by atoms with Gasteiger partial charge in [0, 0.05) is 18.8 Å². The van der Waals surface area contributed by atoms with Crippen LogP contribution >= 0.6 is 22.6 Å². The van der Waals surface area contributed by atoms with E-state index in [4.69, 9.17) is 9.47 Å². The lowest BCUT2D eigenvalue weighted by Crippen LogP contribution is -2.50. The molecule has 8 nitrogen and oxygen atoms in total. The van der Waals surface area contributed by atoms with Gasteiger partial charge in [-0.2, -0.15) is 0 Å². The molecule has 244 valence electrons. The first-order chi connectivity index (χ1) is 21.9. The molecule has 6 unspecified atom stereocenters. The summed E-state index contributed by atoms with van der Waals surface area (Å²) in [6.45, 7) is 0.965. The minimum absolute atomic E-state index is 0.180. The fraction of sp³-hybridized carbons (Fsp3) is 0.556. The van der Waals surface area contributed by atoms with E-state index in [2.05, 4.69) is 27.9 Å². The summed E-state index contributed by atoms with van der Waals surface area (Å²) >= 11 is 2.17. The van der Waals surface area contributed by atoms with E-state index in [-0.39, 0.29) is 18.4 Å². The minimum atomic E-state index is -0.935. The second-order valence-corrected chi connectivity index (χ2v) is 13.5. The summed E-state index contributed by atoms with van der Waals surface area (Å²) in [5, 5.41) is 25.9. The molecule has 1 heterocycles. The highest BCUT2D eigenvalue weighted by Gasteiger charge is 2.38. The summed E-state index contributed by atoms with van der Waals surface area (Å²) in [5.41, 5.74) is 3.00. The largest absolute Gasteiger partial charge is 0.444 e. The number of alkyl halides is 1. The van der Waals surface area contributed by atoms with Crippen molar-refractivity contribution in [3.63, 3.8) is 0 Å². The quantitative estimate of drug-likeness (QED) is 0.129. The number of hydrogen-bond donors (Lipinski definition) is 3. The Labute approximate surface area is 280 Å². The number of carbonyl (C=O) groups excluding carboxylic acids is 2. The number of amides is 2. The number of fused-ring (bicyclic) bond motifs is 1. The molecule has 1 saturated heterocycles. The molecule has 3 N–H and O–H groups in total. The zero-order valence-corrected chi connectivity index (χ0v) is 28.1. The predicted molar refractivity (Wildman–Crippen MR) is 183 cm³/mol. The highest BCUT2D eigenvalue weighted by Crippen LogP contribution is 2.34. The van der Waals surface area contributed by atoms with Gasteiger partial charge in [0.1, 0.15) is 6.10 Å². The molecule has 0 spiro atoms. The lowest BCUT2D eigenvalue weighted by Gasteiger charge is -2.37. The van der Waals surface area contributed by atoms with Gasteiger partial charge < -0.3 is 25.0 Å². The Morgan fingerprint density at radius 3 is 2.56 bits per heavy atom. The number of halogens is 1. The molecule has 1 saturated carbocycles. The Kier molecular flexibility index (Phi) is 12.7. The fourth-order valence-electron chi connectivity index (χ4n) is 7.06. The van der Waals surface area contributed by atoms with Crippen molar-refractivity contribution in [2.75, 3.05) is 17.8 Å². The van der Waals surface area contributed by atoms with E-state index in [1.54, 1.807) is 4.90 Å². The molecule has 3 aliphatic rings. The number of benzene rings is 2. The predicted octanol–water partition coefficient (Wildman–Crippen LogP) is 6.19. The molecular weight excluding hydrogens is 683 g/mol. The molecule has 2 aromatic carbocycles. The maximum Gasteiger partial charge on any atom is 0.411 e. The van der Waals surface area contributed by atoms with Crippen molar-refractivity contribution >= 4 is 40.7 Å². The number of aliphatic hydroxyl groups excluding tert-OH is 2. The van der Waals surface area contributed by atoms with Crippen LogP contribution in [0.1, 0.15) is 80.5 Å². The van der Waals surface area contributed by atoms with Crippen molar-refractivity contribution in [2.45, 2.75) is 94.6 Å². The zero-order chi connectivity index (χ0) is 31.6. The average molecular weight is 731 g/mol. The molecule has 2 aromatic rings. The molecule has 1 aliphatic heterocycles. The molecule has 2 amide bonds. The van der Waals surface area contributed by atoms with Gasteiger partial charge in [-0.25, -0.2) is 4.79 Å². The SMILES string of the molecule is O=C(NC1c2ccccc2CC1O)C(CC=Cc1ccccc1)CC(O)C(CC1CCCCC1)N(CI)C(=O)OC1CCOC1. The first-order valence-corrected chi connectivity index (χ1v) is 18.0. The van der Waals surface area contributed by atoms with Crippen LogP contribution < -0.4 is 5.32 Å². The molecule has 2 fully saturated rings. The lowest BCUT2D eigenvalue weighted by atomic mass is 9.81. The van der Waals surface area contributed by atoms with Gasteiger partial charge in [-0.15, -0.1) is 0 Å². The number of ether oxygens (including phenoxy) is 2. The highest BCUT2D eigenvalue weighted by atomic mass is 127. The van der Waals surface area contributed by atoms with Crippen LogP contribution in [-0.4, -0.2) is 69.2 Å². The monoisotopic (exact) mass is 730 g/mol. The van der Waals surface area contributed by atoms with Crippen molar-refractivity contribution in [3.05, 3.63) is 77.4 Å². The second-order valence-electron chi connectivity index (χ2n) is 12.8. The van der Waals surface area contributed by atoms with Gasteiger partial charge in [-0.05, 0) is 41.9 Å². The third-order valence-electron chi connectivity index (χ3n) is 9.59. The van der Waals surface area contributed by atoms with Gasteiger partial charge in [0.15, 0.2) is 0 Å². The van der Waals surface area contributed by atoms with Crippen molar-refractivity contribution in [2.24, 2.45) is 11.8 Å². The Morgan fingerprint density at radius 1 is 1.07 bits per heavy atom.